The lowest BCUT2D eigenvalue weighted by Crippen LogP contribution is -1.89. The third-order valence-electron chi connectivity index (χ3n) is 2.06. The highest BCUT2D eigenvalue weighted by Crippen LogP contribution is 2.24. The number of H-pyrrole nitrogens is 2. The zero-order valence-corrected chi connectivity index (χ0v) is 10.9. The van der Waals surface area contributed by atoms with E-state index in [1.165, 1.54) is 0 Å². The number of aromatic amines is 2. The first-order valence-corrected chi connectivity index (χ1v) is 5.93. The van der Waals surface area contributed by atoms with Crippen LogP contribution in [0.4, 0.5) is 0 Å². The molecule has 2 heterocycles. The van der Waals surface area contributed by atoms with Crippen LogP contribution in [-0.2, 0) is 6.42 Å². The Labute approximate surface area is 104 Å². The number of nitrogens with one attached hydrogen (secondary N) is 2. The SMILES string of the molecule is O=Cc1ccc(Cc2cc(Br)c(Br)[nH]2)[nH]1. The normalized spacial score (nSPS) is 10.5. The molecule has 78 valence electrons. The van der Waals surface area contributed by atoms with Gasteiger partial charge in [0.05, 0.1) is 10.3 Å². The van der Waals surface area contributed by atoms with Gasteiger partial charge in [0, 0.05) is 22.3 Å². The minimum absolute atomic E-state index is 0.606. The fraction of sp³-hybridized carbons (Fsp3) is 0.100. The number of halogens is 2. The summed E-state index contributed by atoms with van der Waals surface area (Å²) in [7, 11) is 0. The maximum Gasteiger partial charge on any atom is 0.166 e. The Morgan fingerprint density at radius 2 is 2.00 bits per heavy atom. The molecule has 0 aliphatic heterocycles. The van der Waals surface area contributed by atoms with Crippen LogP contribution in [0.3, 0.4) is 0 Å². The van der Waals surface area contributed by atoms with E-state index in [0.29, 0.717) is 5.69 Å². The molecule has 0 spiro atoms. The fourth-order valence-corrected chi connectivity index (χ4v) is 2.13. The van der Waals surface area contributed by atoms with E-state index in [2.05, 4.69) is 41.8 Å². The number of carbonyl (C=O) groups is 1. The second-order valence-corrected chi connectivity index (χ2v) is 4.84. The minimum atomic E-state index is 0.606. The number of carbonyl (C=O) groups excluding carboxylic acids is 1. The monoisotopic (exact) mass is 330 g/mol. The predicted molar refractivity (Wildman–Crippen MR) is 65.2 cm³/mol. The van der Waals surface area contributed by atoms with Crippen molar-refractivity contribution in [3.8, 4) is 0 Å². The van der Waals surface area contributed by atoms with E-state index >= 15 is 0 Å². The van der Waals surface area contributed by atoms with Crippen LogP contribution in [-0.4, -0.2) is 16.3 Å². The van der Waals surface area contributed by atoms with Crippen LogP contribution in [0.2, 0.25) is 0 Å². The minimum Gasteiger partial charge on any atom is -0.356 e. The smallest absolute Gasteiger partial charge is 0.166 e. The summed E-state index contributed by atoms with van der Waals surface area (Å²) in [6, 6.07) is 5.69. The third kappa shape index (κ3) is 2.41. The number of aldehydes is 1. The summed E-state index contributed by atoms with van der Waals surface area (Å²) in [5.74, 6) is 0. The molecular formula is C10H8Br2N2O. The lowest BCUT2D eigenvalue weighted by atomic mass is 10.2. The van der Waals surface area contributed by atoms with Crippen molar-refractivity contribution in [2.45, 2.75) is 6.42 Å². The highest BCUT2D eigenvalue weighted by molar-refractivity contribution is 9.13. The summed E-state index contributed by atoms with van der Waals surface area (Å²) in [5, 5.41) is 0. The Bertz CT molecular complexity index is 468. The maximum atomic E-state index is 10.5. The van der Waals surface area contributed by atoms with E-state index in [-0.39, 0.29) is 0 Å². The van der Waals surface area contributed by atoms with Gasteiger partial charge in [-0.2, -0.15) is 0 Å². The number of rotatable bonds is 3. The summed E-state index contributed by atoms with van der Waals surface area (Å²) in [4.78, 5) is 16.7. The molecule has 0 amide bonds. The van der Waals surface area contributed by atoms with Crippen LogP contribution in [0.5, 0.6) is 0 Å². The molecule has 2 rings (SSSR count). The second-order valence-electron chi connectivity index (χ2n) is 3.19. The van der Waals surface area contributed by atoms with Crippen LogP contribution in [0.25, 0.3) is 0 Å². The van der Waals surface area contributed by atoms with Crippen LogP contribution < -0.4 is 0 Å². The second kappa shape index (κ2) is 4.37. The molecule has 0 saturated heterocycles. The summed E-state index contributed by atoms with van der Waals surface area (Å²) < 4.78 is 1.93. The summed E-state index contributed by atoms with van der Waals surface area (Å²) >= 11 is 6.78. The first-order valence-electron chi connectivity index (χ1n) is 4.35. The van der Waals surface area contributed by atoms with E-state index in [9.17, 15) is 4.79 Å². The molecule has 0 unspecified atom stereocenters. The van der Waals surface area contributed by atoms with Gasteiger partial charge in [-0.05, 0) is 50.1 Å². The van der Waals surface area contributed by atoms with E-state index in [1.807, 2.05) is 12.1 Å². The average molecular weight is 332 g/mol. The summed E-state index contributed by atoms with van der Waals surface area (Å²) in [6.07, 6.45) is 1.56. The highest BCUT2D eigenvalue weighted by atomic mass is 79.9. The largest absolute Gasteiger partial charge is 0.356 e. The first kappa shape index (κ1) is 10.7. The maximum absolute atomic E-state index is 10.5. The lowest BCUT2D eigenvalue weighted by Gasteiger charge is -1.94. The molecule has 2 aromatic heterocycles. The summed E-state index contributed by atoms with van der Waals surface area (Å²) in [6.45, 7) is 0. The van der Waals surface area contributed by atoms with Crippen LogP contribution >= 0.6 is 31.9 Å². The summed E-state index contributed by atoms with van der Waals surface area (Å²) in [5.41, 5.74) is 2.70. The quantitative estimate of drug-likeness (QED) is 0.833. The number of hydrogen-bond acceptors (Lipinski definition) is 1. The predicted octanol–water partition coefficient (Wildman–Crippen LogP) is 3.27. The van der Waals surface area contributed by atoms with Gasteiger partial charge in [-0.25, -0.2) is 0 Å². The topological polar surface area (TPSA) is 48.6 Å². The zero-order valence-electron chi connectivity index (χ0n) is 7.68. The molecule has 0 atom stereocenters. The molecule has 0 aliphatic rings. The molecule has 0 fully saturated rings. The molecule has 0 bridgehead atoms. The third-order valence-corrected chi connectivity index (χ3v) is 3.84. The van der Waals surface area contributed by atoms with E-state index in [4.69, 9.17) is 0 Å². The molecule has 2 aromatic rings. The molecule has 0 aromatic carbocycles. The Hall–Kier alpha value is -0.810. The molecule has 3 nitrogen and oxygen atoms in total. The molecule has 0 aliphatic carbocycles. The number of hydrogen-bond donors (Lipinski definition) is 2. The van der Waals surface area contributed by atoms with Gasteiger partial charge in [-0.15, -0.1) is 0 Å². The van der Waals surface area contributed by atoms with Crippen molar-refractivity contribution < 1.29 is 4.79 Å². The Balaban J connectivity index is 2.17. The first-order chi connectivity index (χ1) is 7.19. The van der Waals surface area contributed by atoms with Crippen molar-refractivity contribution in [3.05, 3.63) is 44.4 Å². The van der Waals surface area contributed by atoms with Crippen molar-refractivity contribution in [1.29, 1.82) is 0 Å². The zero-order chi connectivity index (χ0) is 10.8. The van der Waals surface area contributed by atoms with E-state index < -0.39 is 0 Å². The molecular weight excluding hydrogens is 324 g/mol. The van der Waals surface area contributed by atoms with Gasteiger partial charge >= 0.3 is 0 Å². The van der Waals surface area contributed by atoms with E-state index in [1.54, 1.807) is 6.07 Å². The van der Waals surface area contributed by atoms with Gasteiger partial charge in [-0.3, -0.25) is 4.79 Å². The van der Waals surface area contributed by atoms with Gasteiger partial charge in [-0.1, -0.05) is 0 Å². The standard InChI is InChI=1S/C10H8Br2N2O/c11-9-4-8(14-10(9)12)3-6-1-2-7(5-15)13-6/h1-2,4-5,13-14H,3H2. The van der Waals surface area contributed by atoms with Crippen molar-refractivity contribution in [2.24, 2.45) is 0 Å². The van der Waals surface area contributed by atoms with Crippen LogP contribution in [0.15, 0.2) is 27.3 Å². The van der Waals surface area contributed by atoms with Crippen molar-refractivity contribution in [1.82, 2.24) is 9.97 Å². The molecule has 5 heteroatoms. The molecule has 2 N–H and O–H groups in total. The fourth-order valence-electron chi connectivity index (χ4n) is 1.38. The number of aromatic nitrogens is 2. The Kier molecular flexibility index (Phi) is 3.11. The molecule has 0 saturated carbocycles. The van der Waals surface area contributed by atoms with E-state index in [0.717, 1.165) is 33.2 Å². The van der Waals surface area contributed by atoms with Crippen molar-refractivity contribution >= 4 is 38.1 Å². The molecule has 15 heavy (non-hydrogen) atoms. The lowest BCUT2D eigenvalue weighted by molar-refractivity contribution is 0.111. The molecule has 0 radical (unpaired) electrons. The van der Waals surface area contributed by atoms with Gasteiger partial charge in [0.25, 0.3) is 0 Å². The van der Waals surface area contributed by atoms with Gasteiger partial charge in [0.1, 0.15) is 0 Å². The van der Waals surface area contributed by atoms with Gasteiger partial charge < -0.3 is 9.97 Å². The van der Waals surface area contributed by atoms with Crippen molar-refractivity contribution in [3.63, 3.8) is 0 Å². The van der Waals surface area contributed by atoms with Crippen LogP contribution in [0.1, 0.15) is 21.9 Å². The van der Waals surface area contributed by atoms with Crippen molar-refractivity contribution in [2.75, 3.05) is 0 Å². The Morgan fingerprint density at radius 3 is 2.53 bits per heavy atom. The van der Waals surface area contributed by atoms with Gasteiger partial charge in [0.2, 0.25) is 0 Å². The average Bonchev–Trinajstić information content (AvgIpc) is 2.76. The Morgan fingerprint density at radius 1 is 1.20 bits per heavy atom. The van der Waals surface area contributed by atoms with Crippen LogP contribution in [0, 0.1) is 0 Å². The van der Waals surface area contributed by atoms with Gasteiger partial charge in [0.15, 0.2) is 6.29 Å². The highest BCUT2D eigenvalue weighted by Gasteiger charge is 2.05.